The molecule has 0 radical (unpaired) electrons. The number of aryl methyl sites for hydroxylation is 1. The van der Waals surface area contributed by atoms with E-state index in [0.29, 0.717) is 4.90 Å². The predicted molar refractivity (Wildman–Crippen MR) is 67.5 cm³/mol. The number of halogens is 1. The maximum absolute atomic E-state index is 13.3. The first-order chi connectivity index (χ1) is 7.79. The summed E-state index contributed by atoms with van der Waals surface area (Å²) in [6, 6.07) is 6.85. The van der Waals surface area contributed by atoms with Crippen LogP contribution in [-0.4, -0.2) is 4.98 Å². The van der Waals surface area contributed by atoms with E-state index in [-0.39, 0.29) is 5.82 Å². The molecule has 0 fully saturated rings. The van der Waals surface area contributed by atoms with Gasteiger partial charge in [0, 0.05) is 10.3 Å². The summed E-state index contributed by atoms with van der Waals surface area (Å²) in [7, 11) is 0. The van der Waals surface area contributed by atoms with E-state index in [9.17, 15) is 4.39 Å². The minimum Gasteiger partial charge on any atom is -0.245 e. The lowest BCUT2D eigenvalue weighted by molar-refractivity contribution is 0.602. The van der Waals surface area contributed by atoms with E-state index in [2.05, 4.69) is 17.3 Å². The first-order valence-corrected chi connectivity index (χ1v) is 6.96. The maximum Gasteiger partial charge on any atom is 0.136 e. The number of nitrogens with zero attached hydrogens (tertiary/aromatic N) is 1. The summed E-state index contributed by atoms with van der Waals surface area (Å²) in [4.78, 5) is 5.14. The molecular formula is C12H12FNS2. The maximum atomic E-state index is 13.3. The highest BCUT2D eigenvalue weighted by Crippen LogP contribution is 2.26. The lowest BCUT2D eigenvalue weighted by Crippen LogP contribution is -1.84. The molecule has 0 unspecified atom stereocenters. The highest BCUT2D eigenvalue weighted by atomic mass is 32.2. The minimum atomic E-state index is -0.153. The molecule has 1 nitrogen and oxygen atoms in total. The van der Waals surface area contributed by atoms with Gasteiger partial charge in [-0.3, -0.25) is 0 Å². The van der Waals surface area contributed by atoms with Crippen LogP contribution in [0.5, 0.6) is 0 Å². The van der Waals surface area contributed by atoms with Gasteiger partial charge in [0.2, 0.25) is 0 Å². The van der Waals surface area contributed by atoms with Gasteiger partial charge in [-0.1, -0.05) is 19.1 Å². The quantitative estimate of drug-likeness (QED) is 0.760. The molecule has 16 heavy (non-hydrogen) atoms. The van der Waals surface area contributed by atoms with E-state index in [1.807, 2.05) is 6.07 Å². The molecule has 2 rings (SSSR count). The summed E-state index contributed by atoms with van der Waals surface area (Å²) >= 11 is 3.14. The summed E-state index contributed by atoms with van der Waals surface area (Å²) in [6.07, 6.45) is 0.959. The number of aromatic nitrogens is 1. The van der Waals surface area contributed by atoms with Crippen molar-refractivity contribution < 1.29 is 4.39 Å². The van der Waals surface area contributed by atoms with Crippen molar-refractivity contribution in [2.75, 3.05) is 0 Å². The average Bonchev–Trinajstić information content (AvgIpc) is 2.76. The van der Waals surface area contributed by atoms with Crippen molar-refractivity contribution in [3.05, 3.63) is 46.2 Å². The molecule has 0 N–H and O–H groups in total. The monoisotopic (exact) mass is 253 g/mol. The standard InChI is InChI=1S/C12H12FNS2/c1-2-9-7-16-12(14-9)8-15-11-6-4-3-5-10(11)13/h3-7H,2,8H2,1H3. The molecule has 1 aromatic carbocycles. The van der Waals surface area contributed by atoms with Crippen LogP contribution >= 0.6 is 23.1 Å². The molecule has 1 heterocycles. The molecule has 1 aromatic heterocycles. The van der Waals surface area contributed by atoms with Crippen molar-refractivity contribution in [3.8, 4) is 0 Å². The second-order valence-corrected chi connectivity index (χ2v) is 5.27. The molecule has 0 spiro atoms. The molecule has 0 saturated carbocycles. The van der Waals surface area contributed by atoms with Crippen LogP contribution < -0.4 is 0 Å². The Morgan fingerprint density at radius 3 is 2.88 bits per heavy atom. The van der Waals surface area contributed by atoms with Gasteiger partial charge in [0.15, 0.2) is 0 Å². The van der Waals surface area contributed by atoms with Crippen molar-refractivity contribution in [1.29, 1.82) is 0 Å². The Labute approximate surface area is 103 Å². The largest absolute Gasteiger partial charge is 0.245 e. The Bertz CT molecular complexity index is 468. The zero-order valence-electron chi connectivity index (χ0n) is 8.94. The molecular weight excluding hydrogens is 241 g/mol. The fourth-order valence-electron chi connectivity index (χ4n) is 1.28. The highest BCUT2D eigenvalue weighted by molar-refractivity contribution is 7.98. The minimum absolute atomic E-state index is 0.153. The first kappa shape index (κ1) is 11.6. The van der Waals surface area contributed by atoms with Gasteiger partial charge in [0.1, 0.15) is 10.8 Å². The van der Waals surface area contributed by atoms with Gasteiger partial charge < -0.3 is 0 Å². The highest BCUT2D eigenvalue weighted by Gasteiger charge is 2.04. The van der Waals surface area contributed by atoms with Crippen molar-refractivity contribution >= 4 is 23.1 Å². The summed E-state index contributed by atoms with van der Waals surface area (Å²) in [5.74, 6) is 0.589. The third kappa shape index (κ3) is 2.83. The molecule has 2 aromatic rings. The second kappa shape index (κ2) is 5.46. The van der Waals surface area contributed by atoms with Gasteiger partial charge in [0.05, 0.1) is 11.4 Å². The van der Waals surface area contributed by atoms with Gasteiger partial charge in [-0.25, -0.2) is 9.37 Å². The van der Waals surface area contributed by atoms with Crippen LogP contribution in [0.3, 0.4) is 0 Å². The van der Waals surface area contributed by atoms with Crippen LogP contribution in [-0.2, 0) is 12.2 Å². The molecule has 0 amide bonds. The third-order valence-electron chi connectivity index (χ3n) is 2.15. The average molecular weight is 253 g/mol. The number of thiazole rings is 1. The van der Waals surface area contributed by atoms with E-state index in [1.165, 1.54) is 17.8 Å². The molecule has 0 bridgehead atoms. The lowest BCUT2D eigenvalue weighted by Gasteiger charge is -2.00. The van der Waals surface area contributed by atoms with Crippen molar-refractivity contribution in [3.63, 3.8) is 0 Å². The predicted octanol–water partition coefficient (Wildman–Crippen LogP) is 4.14. The van der Waals surface area contributed by atoms with Gasteiger partial charge in [-0.2, -0.15) is 0 Å². The molecule has 0 aliphatic rings. The zero-order chi connectivity index (χ0) is 11.4. The van der Waals surface area contributed by atoms with Gasteiger partial charge in [-0.05, 0) is 18.6 Å². The summed E-state index contributed by atoms with van der Waals surface area (Å²) < 4.78 is 13.3. The Balaban J connectivity index is 1.99. The van der Waals surface area contributed by atoms with Crippen LogP contribution in [0.2, 0.25) is 0 Å². The first-order valence-electron chi connectivity index (χ1n) is 5.10. The topological polar surface area (TPSA) is 12.9 Å². The Morgan fingerprint density at radius 2 is 2.19 bits per heavy atom. The SMILES string of the molecule is CCc1csc(CSc2ccccc2F)n1. The normalized spacial score (nSPS) is 10.6. The number of thioether (sulfide) groups is 1. The fraction of sp³-hybridized carbons (Fsp3) is 0.250. The molecule has 84 valence electrons. The summed E-state index contributed by atoms with van der Waals surface area (Å²) in [6.45, 7) is 2.09. The van der Waals surface area contributed by atoms with Crippen molar-refractivity contribution in [2.45, 2.75) is 24.0 Å². The van der Waals surface area contributed by atoms with E-state index >= 15 is 0 Å². The van der Waals surface area contributed by atoms with E-state index < -0.39 is 0 Å². The van der Waals surface area contributed by atoms with Crippen LogP contribution in [0.1, 0.15) is 17.6 Å². The van der Waals surface area contributed by atoms with Gasteiger partial charge in [0.25, 0.3) is 0 Å². The molecule has 0 aliphatic carbocycles. The Kier molecular flexibility index (Phi) is 3.96. The Hall–Kier alpha value is -0.870. The number of hydrogen-bond donors (Lipinski definition) is 0. The summed E-state index contributed by atoms with van der Waals surface area (Å²) in [5, 5.41) is 3.13. The molecule has 0 aliphatic heterocycles. The fourth-order valence-corrected chi connectivity index (χ4v) is 3.11. The Morgan fingerprint density at radius 1 is 1.38 bits per heavy atom. The van der Waals surface area contributed by atoms with Crippen molar-refractivity contribution in [2.24, 2.45) is 0 Å². The molecule has 0 atom stereocenters. The van der Waals surface area contributed by atoms with Crippen LogP contribution in [0, 0.1) is 5.82 Å². The number of hydrogen-bond acceptors (Lipinski definition) is 3. The van der Waals surface area contributed by atoms with Crippen LogP contribution in [0.15, 0.2) is 34.5 Å². The van der Waals surface area contributed by atoms with Crippen LogP contribution in [0.4, 0.5) is 4.39 Å². The smallest absolute Gasteiger partial charge is 0.136 e. The van der Waals surface area contributed by atoms with E-state index in [4.69, 9.17) is 0 Å². The van der Waals surface area contributed by atoms with Gasteiger partial charge in [-0.15, -0.1) is 23.1 Å². The van der Waals surface area contributed by atoms with E-state index in [0.717, 1.165) is 22.9 Å². The number of benzene rings is 1. The van der Waals surface area contributed by atoms with Crippen LogP contribution in [0.25, 0.3) is 0 Å². The molecule has 4 heteroatoms. The third-order valence-corrected chi connectivity index (χ3v) is 4.29. The lowest BCUT2D eigenvalue weighted by atomic mass is 10.3. The molecule has 0 saturated heterocycles. The summed E-state index contributed by atoms with van der Waals surface area (Å²) in [5.41, 5.74) is 1.12. The number of rotatable bonds is 4. The second-order valence-electron chi connectivity index (χ2n) is 3.31. The van der Waals surface area contributed by atoms with E-state index in [1.54, 1.807) is 23.5 Å². The zero-order valence-corrected chi connectivity index (χ0v) is 10.6. The van der Waals surface area contributed by atoms with Gasteiger partial charge >= 0.3 is 0 Å². The van der Waals surface area contributed by atoms with Crippen molar-refractivity contribution in [1.82, 2.24) is 4.98 Å².